The number of fused-ring (bicyclic) bond motifs is 13. The monoisotopic (exact) mass is 742 g/mol. The Kier molecular flexibility index (Phi) is 7.13. The summed E-state index contributed by atoms with van der Waals surface area (Å²) in [5, 5.41) is 12.5. The first kappa shape index (κ1) is 32.1. The van der Waals surface area contributed by atoms with Crippen LogP contribution in [-0.4, -0.2) is 9.13 Å². The van der Waals surface area contributed by atoms with E-state index in [0.717, 1.165) is 33.4 Å². The quantitative estimate of drug-likeness (QED) is 0.160. The van der Waals surface area contributed by atoms with Gasteiger partial charge in [0.15, 0.2) is 0 Å². The largest absolute Gasteiger partial charge is 0.306 e. The summed E-state index contributed by atoms with van der Waals surface area (Å²) in [6.45, 7) is 0. The van der Waals surface area contributed by atoms with Gasteiger partial charge in [-0.1, -0.05) is 146 Å². The average Bonchev–Trinajstić information content (AvgIpc) is 3.67. The first-order valence-corrected chi connectivity index (χ1v) is 20.3. The van der Waals surface area contributed by atoms with Gasteiger partial charge in [-0.3, -0.25) is 0 Å². The van der Waals surface area contributed by atoms with Crippen molar-refractivity contribution in [2.75, 3.05) is 0 Å². The van der Waals surface area contributed by atoms with Crippen LogP contribution in [0.5, 0.6) is 0 Å². The molecule has 2 aromatic heterocycles. The number of thiophene rings is 1. The number of rotatable bonds is 3. The summed E-state index contributed by atoms with van der Waals surface area (Å²) in [4.78, 5) is 0. The highest BCUT2D eigenvalue weighted by atomic mass is 32.1. The number of para-hydroxylation sites is 4. The summed E-state index contributed by atoms with van der Waals surface area (Å²) in [5.74, 6) is 0. The standard InChI is InChI=1S/C54H34N2S/c1-3-16-36(17-4-1)55-49-27-12-13-28-50(49)56(37-18-5-2-6-19-37)52-34-48-43-31-30-35(38-25-15-26-45-44-24-11-14-29-53(44)57-54(38)45)32-46(43)41-22-9-7-20-39(41)40-21-8-10-23-42(40)47(48)33-51(52)55/h1-34H. The first-order valence-electron chi connectivity index (χ1n) is 19.5. The molecule has 0 aliphatic rings. The van der Waals surface area contributed by atoms with Crippen LogP contribution in [0.25, 0.3) is 108 Å². The predicted molar refractivity (Wildman–Crippen MR) is 246 cm³/mol. The summed E-state index contributed by atoms with van der Waals surface area (Å²) in [6, 6.07) is 76.0. The molecule has 12 rings (SSSR count). The van der Waals surface area contributed by atoms with Gasteiger partial charge >= 0.3 is 0 Å². The first-order chi connectivity index (χ1) is 28.3. The van der Waals surface area contributed by atoms with E-state index >= 15 is 0 Å². The second kappa shape index (κ2) is 12.7. The van der Waals surface area contributed by atoms with Gasteiger partial charge in [-0.2, -0.15) is 0 Å². The Morgan fingerprint density at radius 1 is 0.281 bits per heavy atom. The van der Waals surface area contributed by atoms with Crippen LogP contribution in [0.15, 0.2) is 206 Å². The van der Waals surface area contributed by atoms with Gasteiger partial charge in [0.25, 0.3) is 0 Å². The molecule has 10 aromatic carbocycles. The van der Waals surface area contributed by atoms with Gasteiger partial charge in [-0.15, -0.1) is 11.3 Å². The van der Waals surface area contributed by atoms with E-state index in [1.807, 2.05) is 11.3 Å². The fourth-order valence-electron chi connectivity index (χ4n) is 9.24. The van der Waals surface area contributed by atoms with Gasteiger partial charge in [-0.25, -0.2) is 0 Å². The normalized spacial score (nSPS) is 11.9. The molecule has 0 radical (unpaired) electrons. The van der Waals surface area contributed by atoms with Crippen LogP contribution in [0.2, 0.25) is 0 Å². The molecule has 0 saturated carbocycles. The van der Waals surface area contributed by atoms with Crippen molar-refractivity contribution in [2.24, 2.45) is 0 Å². The Labute approximate surface area is 333 Å². The Hall–Kier alpha value is -7.20. The van der Waals surface area contributed by atoms with Gasteiger partial charge in [0, 0.05) is 31.5 Å². The summed E-state index contributed by atoms with van der Waals surface area (Å²) in [6.07, 6.45) is 0. The minimum Gasteiger partial charge on any atom is -0.306 e. The van der Waals surface area contributed by atoms with E-state index in [1.165, 1.54) is 74.4 Å². The van der Waals surface area contributed by atoms with Crippen LogP contribution >= 0.6 is 11.3 Å². The molecule has 0 amide bonds. The Balaban J connectivity index is 1.30. The highest BCUT2D eigenvalue weighted by Gasteiger charge is 2.18. The molecule has 266 valence electrons. The predicted octanol–water partition coefficient (Wildman–Crippen LogP) is 15.3. The van der Waals surface area contributed by atoms with Crippen LogP contribution in [0, 0.1) is 0 Å². The van der Waals surface area contributed by atoms with E-state index in [9.17, 15) is 0 Å². The molecule has 0 saturated heterocycles. The molecule has 12 aromatic rings. The number of benzene rings is 9. The van der Waals surface area contributed by atoms with Crippen molar-refractivity contribution in [3.8, 4) is 22.5 Å². The second-order valence-corrected chi connectivity index (χ2v) is 15.9. The highest BCUT2D eigenvalue weighted by molar-refractivity contribution is 7.26. The lowest BCUT2D eigenvalue weighted by atomic mass is 9.92. The molecule has 2 heterocycles. The smallest absolute Gasteiger partial charge is 0.0709 e. The van der Waals surface area contributed by atoms with E-state index in [2.05, 4.69) is 215 Å². The SMILES string of the molecule is c1ccc(-n2c3ccccc3n(-c3ccccc3)c3cc4c5ccc(-c6cccc7c6sc6ccccc67)cc5c5ccccc5c5ccccc5c4cc32)cc1. The fourth-order valence-corrected chi connectivity index (χ4v) is 10.5. The number of aromatic nitrogens is 2. The molecule has 0 aliphatic heterocycles. The third-order valence-electron chi connectivity index (χ3n) is 11.7. The van der Waals surface area contributed by atoms with Crippen molar-refractivity contribution < 1.29 is 0 Å². The molecule has 0 N–H and O–H groups in total. The lowest BCUT2D eigenvalue weighted by Crippen LogP contribution is -2.08. The molecule has 57 heavy (non-hydrogen) atoms. The molecular weight excluding hydrogens is 709 g/mol. The molecule has 2 nitrogen and oxygen atoms in total. The molecular formula is C54H34N2S. The Bertz CT molecular complexity index is 3630. The van der Waals surface area contributed by atoms with E-state index in [0.29, 0.717) is 0 Å². The fraction of sp³-hybridized carbons (Fsp3) is 0. The third-order valence-corrected chi connectivity index (χ3v) is 13.0. The lowest BCUT2D eigenvalue weighted by molar-refractivity contribution is 1.09. The number of hydrogen-bond donors (Lipinski definition) is 0. The molecule has 3 heteroatoms. The molecule has 0 aliphatic carbocycles. The lowest BCUT2D eigenvalue weighted by Gasteiger charge is -2.23. The van der Waals surface area contributed by atoms with E-state index < -0.39 is 0 Å². The van der Waals surface area contributed by atoms with Crippen molar-refractivity contribution in [1.82, 2.24) is 9.13 Å². The minimum atomic E-state index is 1.13. The van der Waals surface area contributed by atoms with Gasteiger partial charge in [-0.05, 0) is 115 Å². The van der Waals surface area contributed by atoms with Crippen molar-refractivity contribution >= 4 is 96.7 Å². The molecule has 0 unspecified atom stereocenters. The van der Waals surface area contributed by atoms with Crippen LogP contribution in [-0.2, 0) is 0 Å². The van der Waals surface area contributed by atoms with Crippen molar-refractivity contribution in [1.29, 1.82) is 0 Å². The topological polar surface area (TPSA) is 9.86 Å². The van der Waals surface area contributed by atoms with Gasteiger partial charge in [0.05, 0.1) is 22.1 Å². The van der Waals surface area contributed by atoms with Gasteiger partial charge in [0.1, 0.15) is 0 Å². The average molecular weight is 743 g/mol. The Morgan fingerprint density at radius 3 is 1.30 bits per heavy atom. The van der Waals surface area contributed by atoms with E-state index in [4.69, 9.17) is 0 Å². The van der Waals surface area contributed by atoms with E-state index in [-0.39, 0.29) is 0 Å². The zero-order valence-electron chi connectivity index (χ0n) is 30.9. The molecule has 0 spiro atoms. The highest BCUT2D eigenvalue weighted by Crippen LogP contribution is 2.43. The maximum Gasteiger partial charge on any atom is 0.0709 e. The van der Waals surface area contributed by atoms with E-state index in [1.54, 1.807) is 0 Å². The maximum absolute atomic E-state index is 2.46. The summed E-state index contributed by atoms with van der Waals surface area (Å²) in [5.41, 5.74) is 9.32. The molecule has 0 bridgehead atoms. The van der Waals surface area contributed by atoms with Crippen molar-refractivity contribution in [3.05, 3.63) is 206 Å². The zero-order chi connectivity index (χ0) is 37.5. The van der Waals surface area contributed by atoms with Gasteiger partial charge in [0.2, 0.25) is 0 Å². The summed E-state index contributed by atoms with van der Waals surface area (Å²) >= 11 is 1.89. The minimum absolute atomic E-state index is 1.13. The van der Waals surface area contributed by atoms with Gasteiger partial charge < -0.3 is 9.13 Å². The van der Waals surface area contributed by atoms with Crippen LogP contribution in [0.1, 0.15) is 0 Å². The zero-order valence-corrected chi connectivity index (χ0v) is 31.7. The van der Waals surface area contributed by atoms with Crippen LogP contribution < -0.4 is 0 Å². The number of nitrogens with zero attached hydrogens (tertiary/aromatic N) is 2. The van der Waals surface area contributed by atoms with Crippen molar-refractivity contribution in [3.63, 3.8) is 0 Å². The summed E-state index contributed by atoms with van der Waals surface area (Å²) in [7, 11) is 0. The Morgan fingerprint density at radius 2 is 0.719 bits per heavy atom. The number of hydrogen-bond acceptors (Lipinski definition) is 1. The van der Waals surface area contributed by atoms with Crippen LogP contribution in [0.3, 0.4) is 0 Å². The van der Waals surface area contributed by atoms with Crippen molar-refractivity contribution in [2.45, 2.75) is 0 Å². The molecule has 0 atom stereocenters. The third kappa shape index (κ3) is 4.89. The molecule has 0 fully saturated rings. The summed E-state index contributed by atoms with van der Waals surface area (Å²) < 4.78 is 7.53. The maximum atomic E-state index is 2.46. The van der Waals surface area contributed by atoms with Crippen LogP contribution in [0.4, 0.5) is 0 Å². The second-order valence-electron chi connectivity index (χ2n) is 14.8.